The summed E-state index contributed by atoms with van der Waals surface area (Å²) in [5.74, 6) is -0.725. The van der Waals surface area contributed by atoms with E-state index in [2.05, 4.69) is 5.32 Å². The van der Waals surface area contributed by atoms with Crippen LogP contribution in [-0.4, -0.2) is 52.7 Å². The molecular weight excluding hydrogens is 378 g/mol. The molecule has 2 rings (SSSR count). The minimum Gasteiger partial charge on any atom is -0.481 e. The molecule has 1 aromatic rings. The van der Waals surface area contributed by atoms with Gasteiger partial charge in [-0.25, -0.2) is 0 Å². The summed E-state index contributed by atoms with van der Waals surface area (Å²) < 4.78 is 5.72. The molecule has 0 atom stereocenters. The molecule has 0 aliphatic heterocycles. The summed E-state index contributed by atoms with van der Waals surface area (Å²) >= 11 is 6.93. The summed E-state index contributed by atoms with van der Waals surface area (Å²) in [6, 6.07) is 7.09. The number of carbonyl (C=O) groups is 1. The maximum atomic E-state index is 10.2. The van der Waals surface area contributed by atoms with Crippen LogP contribution in [0, 0.1) is 0 Å². The van der Waals surface area contributed by atoms with Crippen LogP contribution in [0.25, 0.3) is 0 Å². The Balaban J connectivity index is 0.000000263. The zero-order valence-electron chi connectivity index (χ0n) is 14.8. The summed E-state index contributed by atoms with van der Waals surface area (Å²) in [4.78, 5) is 11.1. The van der Waals surface area contributed by atoms with Crippen LogP contribution in [0.4, 0.5) is 0 Å². The van der Waals surface area contributed by atoms with E-state index in [4.69, 9.17) is 31.7 Å². The second kappa shape index (κ2) is 13.4. The first-order valence-corrected chi connectivity index (χ1v) is 10.1. The largest absolute Gasteiger partial charge is 0.481 e. The highest BCUT2D eigenvalue weighted by Gasteiger charge is 2.31. The first kappa shape index (κ1) is 23.2. The standard InChI is InChI=1S/C10H21NO3.C8H7ClO2S/c12-7-4-8-14-10(11-9-13)5-2-1-3-6-10;9-6-1-3-7(4-2-6)12-5-8(10)11/h11-13H,1-9H2;1-4H,5H2,(H,10,11). The van der Waals surface area contributed by atoms with Gasteiger partial charge in [-0.2, -0.15) is 0 Å². The molecule has 0 spiro atoms. The Morgan fingerprint density at radius 1 is 1.19 bits per heavy atom. The molecule has 0 bridgehead atoms. The van der Waals surface area contributed by atoms with E-state index in [9.17, 15) is 4.79 Å². The number of carboxylic acid groups (broad SMARTS) is 1. The Morgan fingerprint density at radius 2 is 1.85 bits per heavy atom. The van der Waals surface area contributed by atoms with Crippen molar-refractivity contribution < 1.29 is 24.9 Å². The topological polar surface area (TPSA) is 99.0 Å². The van der Waals surface area contributed by atoms with Gasteiger partial charge in [-0.3, -0.25) is 10.1 Å². The SMILES string of the molecule is O=C(O)CSc1ccc(Cl)cc1.OCCCOC1(NCO)CCCCC1. The summed E-state index contributed by atoms with van der Waals surface area (Å²) in [6.07, 6.45) is 6.11. The molecule has 1 saturated carbocycles. The molecule has 0 amide bonds. The minimum absolute atomic E-state index is 0.0425. The average Bonchev–Trinajstić information content (AvgIpc) is 2.63. The molecule has 1 aliphatic carbocycles. The summed E-state index contributed by atoms with van der Waals surface area (Å²) in [5, 5.41) is 29.6. The molecule has 1 aliphatic rings. The van der Waals surface area contributed by atoms with Crippen molar-refractivity contribution in [3.63, 3.8) is 0 Å². The number of benzene rings is 1. The van der Waals surface area contributed by atoms with Crippen LogP contribution in [0.5, 0.6) is 0 Å². The molecule has 0 unspecified atom stereocenters. The Labute approximate surface area is 163 Å². The number of ether oxygens (including phenoxy) is 1. The van der Waals surface area contributed by atoms with Gasteiger partial charge < -0.3 is 20.1 Å². The molecule has 0 radical (unpaired) electrons. The fourth-order valence-electron chi connectivity index (χ4n) is 2.65. The van der Waals surface area contributed by atoms with Crippen LogP contribution in [0.15, 0.2) is 29.2 Å². The molecule has 6 nitrogen and oxygen atoms in total. The van der Waals surface area contributed by atoms with Gasteiger partial charge in [0.05, 0.1) is 19.1 Å². The number of hydrogen-bond donors (Lipinski definition) is 4. The molecule has 0 saturated heterocycles. The van der Waals surface area contributed by atoms with E-state index in [1.54, 1.807) is 24.3 Å². The van der Waals surface area contributed by atoms with Gasteiger partial charge in [0.2, 0.25) is 0 Å². The maximum absolute atomic E-state index is 10.2. The van der Waals surface area contributed by atoms with Gasteiger partial charge in [-0.15, -0.1) is 11.8 Å². The van der Waals surface area contributed by atoms with E-state index in [0.29, 0.717) is 18.1 Å². The quantitative estimate of drug-likeness (QED) is 0.284. The third kappa shape index (κ3) is 9.75. The minimum atomic E-state index is -0.810. The smallest absolute Gasteiger partial charge is 0.313 e. The van der Waals surface area contributed by atoms with E-state index >= 15 is 0 Å². The third-order valence-electron chi connectivity index (χ3n) is 3.92. The lowest BCUT2D eigenvalue weighted by Gasteiger charge is -2.37. The average molecular weight is 406 g/mol. The molecule has 0 aromatic heterocycles. The first-order valence-electron chi connectivity index (χ1n) is 8.72. The molecule has 8 heteroatoms. The number of thioether (sulfide) groups is 1. The third-order valence-corrected chi connectivity index (χ3v) is 5.17. The maximum Gasteiger partial charge on any atom is 0.313 e. The van der Waals surface area contributed by atoms with Crippen molar-refractivity contribution in [3.8, 4) is 0 Å². The molecule has 1 aromatic carbocycles. The van der Waals surface area contributed by atoms with Crippen LogP contribution in [0.3, 0.4) is 0 Å². The molecule has 26 heavy (non-hydrogen) atoms. The Morgan fingerprint density at radius 3 is 2.38 bits per heavy atom. The van der Waals surface area contributed by atoms with Crippen molar-refractivity contribution in [3.05, 3.63) is 29.3 Å². The second-order valence-electron chi connectivity index (χ2n) is 5.95. The van der Waals surface area contributed by atoms with Crippen molar-refractivity contribution in [2.75, 3.05) is 25.7 Å². The van der Waals surface area contributed by atoms with Gasteiger partial charge in [-0.05, 0) is 56.4 Å². The Kier molecular flexibility index (Phi) is 11.9. The van der Waals surface area contributed by atoms with E-state index < -0.39 is 5.97 Å². The number of aliphatic hydroxyl groups is 2. The van der Waals surface area contributed by atoms with E-state index in [0.717, 1.165) is 30.6 Å². The number of halogens is 1. The molecule has 4 N–H and O–H groups in total. The molecular formula is C18H28ClNO5S. The number of aliphatic hydroxyl groups excluding tert-OH is 2. The molecule has 1 fully saturated rings. The van der Waals surface area contributed by atoms with Gasteiger partial charge >= 0.3 is 5.97 Å². The van der Waals surface area contributed by atoms with Crippen molar-refractivity contribution >= 4 is 29.3 Å². The van der Waals surface area contributed by atoms with Crippen LogP contribution < -0.4 is 5.32 Å². The van der Waals surface area contributed by atoms with Gasteiger partial charge in [0.25, 0.3) is 0 Å². The van der Waals surface area contributed by atoms with Crippen molar-refractivity contribution in [1.29, 1.82) is 0 Å². The Hall–Kier alpha value is -0.830. The zero-order valence-corrected chi connectivity index (χ0v) is 16.4. The predicted octanol–water partition coefficient (Wildman–Crippen LogP) is 3.10. The van der Waals surface area contributed by atoms with Crippen molar-refractivity contribution in [1.82, 2.24) is 5.32 Å². The van der Waals surface area contributed by atoms with Gasteiger partial charge in [0.15, 0.2) is 0 Å². The highest BCUT2D eigenvalue weighted by Crippen LogP contribution is 2.29. The lowest BCUT2D eigenvalue weighted by molar-refractivity contribution is -0.133. The lowest BCUT2D eigenvalue weighted by Crippen LogP contribution is -2.49. The summed E-state index contributed by atoms with van der Waals surface area (Å²) in [6.45, 7) is 0.678. The van der Waals surface area contributed by atoms with Crippen LogP contribution in [0.1, 0.15) is 38.5 Å². The van der Waals surface area contributed by atoms with Gasteiger partial charge in [-0.1, -0.05) is 18.0 Å². The summed E-state index contributed by atoms with van der Waals surface area (Å²) in [7, 11) is 0. The number of carboxylic acids is 1. The zero-order chi connectivity index (χ0) is 19.3. The monoisotopic (exact) mass is 405 g/mol. The fraction of sp³-hybridized carbons (Fsp3) is 0.611. The van der Waals surface area contributed by atoms with E-state index in [1.165, 1.54) is 18.2 Å². The second-order valence-corrected chi connectivity index (χ2v) is 7.44. The van der Waals surface area contributed by atoms with Crippen LogP contribution in [0.2, 0.25) is 5.02 Å². The van der Waals surface area contributed by atoms with Gasteiger partial charge in [0.1, 0.15) is 5.72 Å². The predicted molar refractivity (Wildman–Crippen MR) is 104 cm³/mol. The number of rotatable bonds is 9. The van der Waals surface area contributed by atoms with E-state index in [1.807, 2.05) is 0 Å². The van der Waals surface area contributed by atoms with Gasteiger partial charge in [0, 0.05) is 16.5 Å². The van der Waals surface area contributed by atoms with Crippen molar-refractivity contribution in [2.24, 2.45) is 0 Å². The highest BCUT2D eigenvalue weighted by molar-refractivity contribution is 8.00. The van der Waals surface area contributed by atoms with Crippen molar-refractivity contribution in [2.45, 2.75) is 49.1 Å². The lowest BCUT2D eigenvalue weighted by atomic mass is 9.91. The van der Waals surface area contributed by atoms with E-state index in [-0.39, 0.29) is 24.8 Å². The highest BCUT2D eigenvalue weighted by atomic mass is 35.5. The van der Waals surface area contributed by atoms with Crippen LogP contribution in [-0.2, 0) is 9.53 Å². The fourth-order valence-corrected chi connectivity index (χ4v) is 3.39. The normalized spacial score (nSPS) is 15.8. The Bertz CT molecular complexity index is 503. The summed E-state index contributed by atoms with van der Waals surface area (Å²) in [5.41, 5.74) is -0.331. The number of nitrogens with one attached hydrogen (secondary N) is 1. The molecule has 148 valence electrons. The first-order chi connectivity index (χ1) is 12.5. The number of aliphatic carboxylic acids is 1. The molecule has 0 heterocycles. The van der Waals surface area contributed by atoms with Crippen LogP contribution >= 0.6 is 23.4 Å². The number of hydrogen-bond acceptors (Lipinski definition) is 6.